The Morgan fingerprint density at radius 2 is 1.70 bits per heavy atom. The van der Waals surface area contributed by atoms with E-state index in [1.165, 1.54) is 24.8 Å². The third-order valence-corrected chi connectivity index (χ3v) is 5.87. The number of nitrogens with one attached hydrogen (secondary N) is 1. The molecule has 0 aromatic carbocycles. The Morgan fingerprint density at radius 3 is 2.13 bits per heavy atom. The molecule has 0 aromatic heterocycles. The molecule has 3 heteroatoms. The van der Waals surface area contributed by atoms with E-state index in [9.17, 15) is 0 Å². The van der Waals surface area contributed by atoms with Crippen molar-refractivity contribution < 1.29 is 0 Å². The number of hydrogen-bond donors (Lipinski definition) is 1. The summed E-state index contributed by atoms with van der Waals surface area (Å²) in [6.45, 7) is 16.8. The molecule has 0 bridgehead atoms. The minimum absolute atomic E-state index is 0.577. The summed E-state index contributed by atoms with van der Waals surface area (Å²) in [5.74, 6) is 4.02. The Balaban J connectivity index is 2.85. The largest absolute Gasteiger partial charge is 0.362 e. The Bertz CT molecular complexity index is 378. The van der Waals surface area contributed by atoms with Gasteiger partial charge >= 0.3 is 0 Å². The highest BCUT2D eigenvalue weighted by molar-refractivity contribution is 8.13. The van der Waals surface area contributed by atoms with Crippen LogP contribution in [0.3, 0.4) is 0 Å². The summed E-state index contributed by atoms with van der Waals surface area (Å²) in [6.07, 6.45) is 6.39. The van der Waals surface area contributed by atoms with Gasteiger partial charge in [-0.3, -0.25) is 4.99 Å². The van der Waals surface area contributed by atoms with E-state index in [-0.39, 0.29) is 0 Å². The number of amidine groups is 1. The van der Waals surface area contributed by atoms with E-state index in [0.29, 0.717) is 6.04 Å². The van der Waals surface area contributed by atoms with Crippen LogP contribution in [0.25, 0.3) is 0 Å². The van der Waals surface area contributed by atoms with Crippen LogP contribution >= 0.6 is 11.8 Å². The van der Waals surface area contributed by atoms with Gasteiger partial charge in [-0.2, -0.15) is 0 Å². The van der Waals surface area contributed by atoms with Gasteiger partial charge in [-0.15, -0.1) is 0 Å². The monoisotopic (exact) mass is 338 g/mol. The molecule has 1 fully saturated rings. The molecule has 0 heterocycles. The highest BCUT2D eigenvalue weighted by Gasteiger charge is 2.36. The number of hydrogen-bond acceptors (Lipinski definition) is 2. The molecule has 0 aliphatic heterocycles. The molecule has 1 N–H and O–H groups in total. The third-order valence-electron chi connectivity index (χ3n) is 5.01. The molecule has 2 unspecified atom stereocenters. The fraction of sp³-hybridized carbons (Fsp3) is 0.850. The van der Waals surface area contributed by atoms with Crippen molar-refractivity contribution in [2.45, 2.75) is 73.8 Å². The standard InChI is InChI=1S/C20H38N2S/c1-8-21-20(23-13-12-14(2)3)22-19-17(15(4)5)10-9-11-18(19)16(6)7/h12,15-19H,8-11,13H2,1-7H3,(H,21,22). The lowest BCUT2D eigenvalue weighted by Gasteiger charge is -2.43. The van der Waals surface area contributed by atoms with Crippen molar-refractivity contribution in [3.05, 3.63) is 11.6 Å². The maximum atomic E-state index is 4.74. The first kappa shape index (κ1) is 20.6. The first-order chi connectivity index (χ1) is 10.9. The number of thioether (sulfide) groups is 1. The predicted octanol–water partition coefficient (Wildman–Crippen LogP) is 5.75. The van der Waals surface area contributed by atoms with Gasteiger partial charge in [-0.05, 0) is 57.3 Å². The van der Waals surface area contributed by atoms with Crippen LogP contribution in [0.1, 0.15) is 67.7 Å². The van der Waals surface area contributed by atoms with Crippen LogP contribution in [0.4, 0.5) is 0 Å². The molecule has 0 amide bonds. The highest BCUT2D eigenvalue weighted by atomic mass is 32.2. The van der Waals surface area contributed by atoms with Crippen LogP contribution in [0.5, 0.6) is 0 Å². The van der Waals surface area contributed by atoms with Gasteiger partial charge in [0.05, 0.1) is 0 Å². The van der Waals surface area contributed by atoms with Gasteiger partial charge in [0, 0.05) is 18.3 Å². The second kappa shape index (κ2) is 10.4. The van der Waals surface area contributed by atoms with Crippen molar-refractivity contribution >= 4 is 16.9 Å². The average Bonchev–Trinajstić information content (AvgIpc) is 2.46. The maximum absolute atomic E-state index is 4.74. The van der Waals surface area contributed by atoms with Gasteiger partial charge in [0.2, 0.25) is 0 Å². The minimum Gasteiger partial charge on any atom is -0.362 e. The van der Waals surface area contributed by atoms with Gasteiger partial charge < -0.3 is 5.32 Å². The fourth-order valence-corrected chi connectivity index (χ4v) is 4.70. The highest BCUT2D eigenvalue weighted by Crippen LogP contribution is 2.38. The minimum atomic E-state index is 0.577. The van der Waals surface area contributed by atoms with E-state index in [4.69, 9.17) is 4.99 Å². The summed E-state index contributed by atoms with van der Waals surface area (Å²) in [4.78, 5) is 4.74. The summed E-state index contributed by atoms with van der Waals surface area (Å²) in [5, 5.41) is 5.02. The van der Waals surface area contributed by atoms with Gasteiger partial charge in [-0.1, -0.05) is 57.5 Å². The fourth-order valence-electron chi connectivity index (χ4n) is 3.68. The second-order valence-electron chi connectivity index (χ2n) is 7.79. The van der Waals surface area contributed by atoms with Crippen LogP contribution in [0.2, 0.25) is 0 Å². The lowest BCUT2D eigenvalue weighted by molar-refractivity contribution is 0.128. The maximum Gasteiger partial charge on any atom is 0.157 e. The van der Waals surface area contributed by atoms with Crippen LogP contribution in [0.15, 0.2) is 16.6 Å². The van der Waals surface area contributed by atoms with Crippen molar-refractivity contribution in [2.24, 2.45) is 28.7 Å². The Labute approximate surface area is 149 Å². The lowest BCUT2D eigenvalue weighted by Crippen LogP contribution is -2.50. The van der Waals surface area contributed by atoms with Crippen molar-refractivity contribution in [2.75, 3.05) is 12.3 Å². The third kappa shape index (κ3) is 6.91. The zero-order chi connectivity index (χ0) is 17.4. The molecule has 0 saturated heterocycles. The van der Waals surface area contributed by atoms with Crippen LogP contribution in [-0.4, -0.2) is 23.5 Å². The van der Waals surface area contributed by atoms with Crippen molar-refractivity contribution in [3.8, 4) is 0 Å². The molecule has 1 rings (SSSR count). The molecule has 23 heavy (non-hydrogen) atoms. The molecule has 0 spiro atoms. The van der Waals surface area contributed by atoms with E-state index in [2.05, 4.69) is 59.9 Å². The van der Waals surface area contributed by atoms with Crippen LogP contribution < -0.4 is 5.32 Å². The molecular weight excluding hydrogens is 300 g/mol. The van der Waals surface area contributed by atoms with Gasteiger partial charge in [0.15, 0.2) is 5.17 Å². The second-order valence-corrected chi connectivity index (χ2v) is 8.80. The number of nitrogens with zero attached hydrogens (tertiary/aromatic N) is 1. The molecule has 1 aliphatic rings. The zero-order valence-corrected chi connectivity index (χ0v) is 17.2. The number of aliphatic imine (C=N–C) groups is 1. The Morgan fingerprint density at radius 1 is 1.13 bits per heavy atom. The van der Waals surface area contributed by atoms with Crippen molar-refractivity contribution in [3.63, 3.8) is 0 Å². The topological polar surface area (TPSA) is 24.4 Å². The van der Waals surface area contributed by atoms with Gasteiger partial charge in [0.1, 0.15) is 0 Å². The Kier molecular flexibility index (Phi) is 9.34. The molecule has 134 valence electrons. The summed E-state index contributed by atoms with van der Waals surface area (Å²) in [7, 11) is 0. The summed E-state index contributed by atoms with van der Waals surface area (Å²) < 4.78 is 0. The van der Waals surface area contributed by atoms with Gasteiger partial charge in [0.25, 0.3) is 0 Å². The smallest absolute Gasteiger partial charge is 0.157 e. The van der Waals surface area contributed by atoms with Crippen LogP contribution in [0, 0.1) is 23.7 Å². The van der Waals surface area contributed by atoms with E-state index in [1.54, 1.807) is 0 Å². The first-order valence-corrected chi connectivity index (χ1v) is 10.4. The summed E-state index contributed by atoms with van der Waals surface area (Å²) >= 11 is 1.86. The van der Waals surface area contributed by atoms with E-state index in [0.717, 1.165) is 41.1 Å². The molecular formula is C20H38N2S. The summed E-state index contributed by atoms with van der Waals surface area (Å²) in [6, 6.07) is 0.577. The zero-order valence-electron chi connectivity index (χ0n) is 16.4. The number of rotatable bonds is 6. The van der Waals surface area contributed by atoms with E-state index < -0.39 is 0 Å². The van der Waals surface area contributed by atoms with E-state index in [1.807, 2.05) is 11.8 Å². The first-order valence-electron chi connectivity index (χ1n) is 9.43. The predicted molar refractivity (Wildman–Crippen MR) is 107 cm³/mol. The summed E-state index contributed by atoms with van der Waals surface area (Å²) in [5.41, 5.74) is 1.38. The SMILES string of the molecule is CCN=C(NC1C(C(C)C)CCCC1C(C)C)SCC=C(C)C. The van der Waals surface area contributed by atoms with Crippen molar-refractivity contribution in [1.29, 1.82) is 0 Å². The lowest BCUT2D eigenvalue weighted by atomic mass is 9.68. The van der Waals surface area contributed by atoms with E-state index >= 15 is 0 Å². The van der Waals surface area contributed by atoms with Crippen LogP contribution in [-0.2, 0) is 0 Å². The number of allylic oxidation sites excluding steroid dienone is 1. The molecule has 0 aromatic rings. The molecule has 2 atom stereocenters. The molecule has 1 saturated carbocycles. The Hall–Kier alpha value is -0.440. The normalized spacial score (nSPS) is 25.8. The molecule has 0 radical (unpaired) electrons. The van der Waals surface area contributed by atoms with Gasteiger partial charge in [-0.25, -0.2) is 0 Å². The van der Waals surface area contributed by atoms with Crippen molar-refractivity contribution in [1.82, 2.24) is 5.32 Å². The quantitative estimate of drug-likeness (QED) is 0.379. The molecule has 2 nitrogen and oxygen atoms in total. The average molecular weight is 339 g/mol. The molecule has 1 aliphatic carbocycles.